The number of aromatic nitrogens is 3. The Labute approximate surface area is 178 Å². The van der Waals surface area contributed by atoms with E-state index in [1.807, 2.05) is 41.6 Å². The van der Waals surface area contributed by atoms with Gasteiger partial charge in [0.25, 0.3) is 0 Å². The van der Waals surface area contributed by atoms with E-state index >= 15 is 0 Å². The average molecular weight is 412 g/mol. The molecule has 1 fully saturated rings. The molecule has 2 aromatic rings. The van der Waals surface area contributed by atoms with Crippen molar-refractivity contribution in [1.82, 2.24) is 30.3 Å². The first-order valence-corrected chi connectivity index (χ1v) is 10.8. The molecule has 2 N–H and O–H groups in total. The number of nitrogens with zero attached hydrogens (tertiary/aromatic N) is 5. The molecule has 8 nitrogen and oxygen atoms in total. The molecule has 1 amide bonds. The zero-order chi connectivity index (χ0) is 21.2. The normalized spacial score (nSPS) is 15.2. The molecule has 1 saturated heterocycles. The van der Waals surface area contributed by atoms with E-state index in [-0.39, 0.29) is 0 Å². The summed E-state index contributed by atoms with van der Waals surface area (Å²) in [7, 11) is 1.96. The van der Waals surface area contributed by atoms with Crippen LogP contribution in [0.15, 0.2) is 35.3 Å². The lowest BCUT2D eigenvalue weighted by Crippen LogP contribution is -2.39. The Kier molecular flexibility index (Phi) is 8.23. The highest BCUT2D eigenvalue weighted by atomic mass is 16.2. The summed E-state index contributed by atoms with van der Waals surface area (Å²) in [5.41, 5.74) is 1.16. The standard InChI is InChI=1S/C22H33N7O/c1-18-26-27-20(28(18)2)17-25-22(24-16-19-10-5-3-6-11-19)23-13-9-15-29-14-8-4-7-12-21(29)30/h3,5-6,10-11H,4,7-9,12-17H2,1-2H3,(H2,23,24,25). The van der Waals surface area contributed by atoms with E-state index < -0.39 is 0 Å². The van der Waals surface area contributed by atoms with Crippen LogP contribution in [0.2, 0.25) is 0 Å². The monoisotopic (exact) mass is 411 g/mol. The molecule has 0 bridgehead atoms. The van der Waals surface area contributed by atoms with Gasteiger partial charge in [-0.1, -0.05) is 36.8 Å². The van der Waals surface area contributed by atoms with Gasteiger partial charge in [-0.2, -0.15) is 0 Å². The van der Waals surface area contributed by atoms with Crippen molar-refractivity contribution >= 4 is 11.9 Å². The summed E-state index contributed by atoms with van der Waals surface area (Å²) in [4.78, 5) is 18.9. The van der Waals surface area contributed by atoms with E-state index in [1.54, 1.807) is 0 Å². The van der Waals surface area contributed by atoms with Crippen molar-refractivity contribution in [2.75, 3.05) is 19.6 Å². The van der Waals surface area contributed by atoms with Crippen LogP contribution in [0.25, 0.3) is 0 Å². The lowest BCUT2D eigenvalue weighted by Gasteiger charge is -2.21. The van der Waals surface area contributed by atoms with Crippen LogP contribution < -0.4 is 10.6 Å². The number of amides is 1. The molecule has 0 saturated carbocycles. The fourth-order valence-corrected chi connectivity index (χ4v) is 3.45. The minimum atomic E-state index is 0.293. The Hall–Kier alpha value is -2.90. The zero-order valence-electron chi connectivity index (χ0n) is 18.1. The van der Waals surface area contributed by atoms with Crippen molar-refractivity contribution in [3.05, 3.63) is 47.5 Å². The summed E-state index contributed by atoms with van der Waals surface area (Å²) < 4.78 is 1.97. The van der Waals surface area contributed by atoms with E-state index in [2.05, 4.69) is 33.0 Å². The van der Waals surface area contributed by atoms with Crippen molar-refractivity contribution in [1.29, 1.82) is 0 Å². The van der Waals surface area contributed by atoms with E-state index in [0.717, 1.165) is 68.5 Å². The number of benzene rings is 1. The Morgan fingerprint density at radius 3 is 2.73 bits per heavy atom. The van der Waals surface area contributed by atoms with Gasteiger partial charge in [0.15, 0.2) is 11.8 Å². The minimum Gasteiger partial charge on any atom is -0.356 e. The lowest BCUT2D eigenvalue weighted by atomic mass is 10.2. The molecule has 1 aliphatic heterocycles. The summed E-state index contributed by atoms with van der Waals surface area (Å²) in [5.74, 6) is 2.77. The predicted molar refractivity (Wildman–Crippen MR) is 118 cm³/mol. The second kappa shape index (κ2) is 11.3. The van der Waals surface area contributed by atoms with Crippen molar-refractivity contribution < 1.29 is 4.79 Å². The summed E-state index contributed by atoms with van der Waals surface area (Å²) in [6.07, 6.45) is 4.87. The van der Waals surface area contributed by atoms with Crippen molar-refractivity contribution in [2.24, 2.45) is 12.0 Å². The van der Waals surface area contributed by atoms with Gasteiger partial charge in [0.2, 0.25) is 5.91 Å². The van der Waals surface area contributed by atoms with Gasteiger partial charge in [-0.3, -0.25) is 4.79 Å². The molecule has 0 unspecified atom stereocenters. The van der Waals surface area contributed by atoms with Crippen LogP contribution in [0.1, 0.15) is 49.3 Å². The highest BCUT2D eigenvalue weighted by molar-refractivity contribution is 5.79. The van der Waals surface area contributed by atoms with Gasteiger partial charge in [-0.25, -0.2) is 4.99 Å². The fourth-order valence-electron chi connectivity index (χ4n) is 3.45. The molecule has 2 heterocycles. The molecule has 0 aliphatic carbocycles. The van der Waals surface area contributed by atoms with Gasteiger partial charge in [-0.05, 0) is 31.7 Å². The van der Waals surface area contributed by atoms with Gasteiger partial charge in [0.05, 0.1) is 13.1 Å². The number of carbonyl (C=O) groups excluding carboxylic acids is 1. The number of guanidine groups is 1. The highest BCUT2D eigenvalue weighted by Crippen LogP contribution is 2.11. The molecule has 0 radical (unpaired) electrons. The number of carbonyl (C=O) groups is 1. The number of hydrogen-bond donors (Lipinski definition) is 2. The number of hydrogen-bond acceptors (Lipinski definition) is 4. The molecule has 1 aromatic carbocycles. The highest BCUT2D eigenvalue weighted by Gasteiger charge is 2.15. The Balaban J connectivity index is 1.53. The van der Waals surface area contributed by atoms with E-state index in [4.69, 9.17) is 4.99 Å². The molecular formula is C22H33N7O. The summed E-state index contributed by atoms with van der Waals surface area (Å²) in [6.45, 7) is 5.50. The average Bonchev–Trinajstić information content (AvgIpc) is 2.95. The number of nitrogens with one attached hydrogen (secondary N) is 2. The summed E-state index contributed by atoms with van der Waals surface area (Å²) in [5, 5.41) is 15.1. The van der Waals surface area contributed by atoms with Crippen LogP contribution in [0, 0.1) is 6.92 Å². The van der Waals surface area contributed by atoms with Crippen LogP contribution in [-0.2, 0) is 24.9 Å². The van der Waals surface area contributed by atoms with Crippen LogP contribution in [-0.4, -0.2) is 51.2 Å². The first kappa shape index (κ1) is 21.8. The van der Waals surface area contributed by atoms with Gasteiger partial charge in [-0.15, -0.1) is 10.2 Å². The zero-order valence-corrected chi connectivity index (χ0v) is 18.1. The van der Waals surface area contributed by atoms with Gasteiger partial charge in [0.1, 0.15) is 5.82 Å². The largest absolute Gasteiger partial charge is 0.356 e. The van der Waals surface area contributed by atoms with E-state index in [1.165, 1.54) is 0 Å². The molecule has 3 rings (SSSR count). The third-order valence-electron chi connectivity index (χ3n) is 5.43. The van der Waals surface area contributed by atoms with Crippen LogP contribution in [0.5, 0.6) is 0 Å². The predicted octanol–water partition coefficient (Wildman–Crippen LogP) is 2.15. The molecule has 162 valence electrons. The number of aryl methyl sites for hydroxylation is 1. The second-order valence-electron chi connectivity index (χ2n) is 7.70. The quantitative estimate of drug-likeness (QED) is 0.395. The van der Waals surface area contributed by atoms with Gasteiger partial charge in [0, 0.05) is 33.1 Å². The third-order valence-corrected chi connectivity index (χ3v) is 5.43. The fraction of sp³-hybridized carbons (Fsp3) is 0.545. The SMILES string of the molecule is Cc1nnc(CNC(=NCc2ccccc2)NCCCN2CCCCCC2=O)n1C. The van der Waals surface area contributed by atoms with Crippen LogP contribution >= 0.6 is 0 Å². The maximum Gasteiger partial charge on any atom is 0.222 e. The Bertz CT molecular complexity index is 831. The van der Waals surface area contributed by atoms with Gasteiger partial charge < -0.3 is 20.1 Å². The minimum absolute atomic E-state index is 0.293. The molecule has 0 spiro atoms. The maximum absolute atomic E-state index is 12.1. The summed E-state index contributed by atoms with van der Waals surface area (Å²) in [6, 6.07) is 10.2. The number of aliphatic imine (C=N–C) groups is 1. The Morgan fingerprint density at radius 1 is 1.13 bits per heavy atom. The van der Waals surface area contributed by atoms with E-state index in [0.29, 0.717) is 25.4 Å². The lowest BCUT2D eigenvalue weighted by molar-refractivity contribution is -0.130. The maximum atomic E-state index is 12.1. The molecular weight excluding hydrogens is 378 g/mol. The molecule has 0 atom stereocenters. The Morgan fingerprint density at radius 2 is 1.97 bits per heavy atom. The second-order valence-corrected chi connectivity index (χ2v) is 7.70. The molecule has 30 heavy (non-hydrogen) atoms. The molecule has 8 heteroatoms. The van der Waals surface area contributed by atoms with E-state index in [9.17, 15) is 4.79 Å². The first-order valence-electron chi connectivity index (χ1n) is 10.8. The van der Waals surface area contributed by atoms with Crippen molar-refractivity contribution in [3.8, 4) is 0 Å². The van der Waals surface area contributed by atoms with Crippen LogP contribution in [0.4, 0.5) is 0 Å². The van der Waals surface area contributed by atoms with Crippen molar-refractivity contribution in [3.63, 3.8) is 0 Å². The molecule has 1 aliphatic rings. The molecule has 1 aromatic heterocycles. The third kappa shape index (κ3) is 6.57. The summed E-state index contributed by atoms with van der Waals surface area (Å²) >= 11 is 0. The number of rotatable bonds is 8. The van der Waals surface area contributed by atoms with Crippen LogP contribution in [0.3, 0.4) is 0 Å². The van der Waals surface area contributed by atoms with Gasteiger partial charge >= 0.3 is 0 Å². The smallest absolute Gasteiger partial charge is 0.222 e. The topological polar surface area (TPSA) is 87.4 Å². The first-order chi connectivity index (χ1) is 14.6. The number of likely N-dealkylation sites (tertiary alicyclic amines) is 1. The van der Waals surface area contributed by atoms with Crippen molar-refractivity contribution in [2.45, 2.75) is 52.1 Å².